The summed E-state index contributed by atoms with van der Waals surface area (Å²) in [4.78, 5) is 42.7. The topological polar surface area (TPSA) is 197 Å². The summed E-state index contributed by atoms with van der Waals surface area (Å²) in [7, 11) is 0. The Kier molecular flexibility index (Phi) is 12.3. The normalized spacial score (nSPS) is 11.8. The van der Waals surface area contributed by atoms with Crippen molar-refractivity contribution in [2.45, 2.75) is 38.9 Å². The number of hydrogen-bond donors (Lipinski definition) is 3. The highest BCUT2D eigenvalue weighted by Gasteiger charge is 2.22. The second-order valence-corrected chi connectivity index (χ2v) is 17.1. The Bertz CT molecular complexity index is 2970. The zero-order chi connectivity index (χ0) is 44.3. The largest absolute Gasteiger partial charge is 0.444 e. The first-order chi connectivity index (χ1) is 29.5. The van der Waals surface area contributed by atoms with Crippen molar-refractivity contribution in [2.24, 2.45) is 0 Å². The molecule has 6 aromatic carbocycles. The van der Waals surface area contributed by atoms with Crippen LogP contribution in [-0.4, -0.2) is 36.6 Å². The fraction of sp³-hybridized carbons (Fsp3) is 0.133. The third-order valence-electron chi connectivity index (χ3n) is 9.26. The molecule has 1 atom stereocenters. The summed E-state index contributed by atoms with van der Waals surface area (Å²) in [6.07, 6.45) is -1.14. The van der Waals surface area contributed by atoms with Crippen molar-refractivity contribution >= 4 is 70.8 Å². The van der Waals surface area contributed by atoms with E-state index in [9.17, 15) is 38.9 Å². The SMILES string of the molecule is CC(C)(C)OC(=O)Nc1nc2c(-c3cccc([N+](=O)[O-])c3)cc(C(O)c3ccc(F)cc3)cc2s1.Nc1nc2c(-c3cccc([N+](=O)[O-])c3)cc(Cc3ccc(F)cc3)cc2s1. The number of non-ortho nitro benzene ring substituents is 2. The number of carbonyl (C=O) groups excluding carboxylic acids is 1. The summed E-state index contributed by atoms with van der Waals surface area (Å²) in [6, 6.07) is 31.8. The average Bonchev–Trinajstić information content (AvgIpc) is 3.82. The molecule has 13 nitrogen and oxygen atoms in total. The number of fused-ring (bicyclic) bond motifs is 2. The average molecular weight is 875 g/mol. The molecule has 0 aliphatic rings. The standard InChI is InChI=1S/C25H22FN3O5S.C20H14FN3O2S/c1-25(2,3)34-24(31)28-23-27-21-19(15-5-4-6-18(11-15)29(32)33)12-16(13-20(21)35-23)22(30)14-7-9-17(26)10-8-14;21-15-6-4-12(5-7-15)8-13-9-17(19-18(10-13)27-20(22)23-19)14-2-1-3-16(11-14)24(25)26/h4-13,22,30H,1-3H3,(H,27,28,31);1-7,9-11H,8H2,(H2,22,23). The summed E-state index contributed by atoms with van der Waals surface area (Å²) in [5.74, 6) is -0.698. The van der Waals surface area contributed by atoms with E-state index in [4.69, 9.17) is 10.5 Å². The molecule has 1 unspecified atom stereocenters. The number of benzene rings is 6. The predicted octanol–water partition coefficient (Wildman–Crippen LogP) is 11.6. The molecular formula is C45H36F2N6O7S2. The quantitative estimate of drug-likeness (QED) is 0.0927. The highest BCUT2D eigenvalue weighted by molar-refractivity contribution is 7.22. The van der Waals surface area contributed by atoms with Gasteiger partial charge in [-0.05, 0) is 109 Å². The van der Waals surface area contributed by atoms with Crippen molar-refractivity contribution in [1.29, 1.82) is 0 Å². The van der Waals surface area contributed by atoms with Gasteiger partial charge < -0.3 is 15.6 Å². The first-order valence-electron chi connectivity index (χ1n) is 18.8. The Morgan fingerprint density at radius 1 is 0.742 bits per heavy atom. The Labute approximate surface area is 360 Å². The molecule has 4 N–H and O–H groups in total. The predicted molar refractivity (Wildman–Crippen MR) is 237 cm³/mol. The molecular weight excluding hydrogens is 839 g/mol. The number of nitro benzene ring substituents is 2. The number of hydrogen-bond acceptors (Lipinski definition) is 12. The van der Waals surface area contributed by atoms with E-state index in [0.29, 0.717) is 49.6 Å². The van der Waals surface area contributed by atoms with Crippen molar-refractivity contribution in [3.63, 3.8) is 0 Å². The lowest BCUT2D eigenvalue weighted by molar-refractivity contribution is -0.385. The van der Waals surface area contributed by atoms with Crippen LogP contribution in [0, 0.1) is 31.9 Å². The van der Waals surface area contributed by atoms with E-state index >= 15 is 0 Å². The highest BCUT2D eigenvalue weighted by atomic mass is 32.1. The Balaban J connectivity index is 0.000000192. The molecule has 0 saturated heterocycles. The first-order valence-corrected chi connectivity index (χ1v) is 20.4. The second kappa shape index (κ2) is 17.8. The minimum atomic E-state index is -1.08. The Hall–Kier alpha value is -7.21. The number of nitrogens with one attached hydrogen (secondary N) is 1. The molecule has 0 aliphatic carbocycles. The van der Waals surface area contributed by atoms with Crippen LogP contribution in [0.1, 0.15) is 49.1 Å². The molecule has 0 radical (unpaired) electrons. The number of amides is 1. The van der Waals surface area contributed by atoms with Crippen molar-refractivity contribution in [1.82, 2.24) is 9.97 Å². The van der Waals surface area contributed by atoms with E-state index in [1.54, 1.807) is 63.2 Å². The van der Waals surface area contributed by atoms with Crippen molar-refractivity contribution < 1.29 is 33.3 Å². The summed E-state index contributed by atoms with van der Waals surface area (Å²) >= 11 is 2.54. The number of rotatable bonds is 9. The fourth-order valence-electron chi connectivity index (χ4n) is 6.55. The van der Waals surface area contributed by atoms with E-state index in [-0.39, 0.29) is 22.3 Å². The van der Waals surface area contributed by atoms with Crippen molar-refractivity contribution in [3.8, 4) is 22.3 Å². The van der Waals surface area contributed by atoms with Gasteiger partial charge in [0.1, 0.15) is 23.3 Å². The molecule has 0 bridgehead atoms. The Morgan fingerprint density at radius 2 is 1.29 bits per heavy atom. The zero-order valence-electron chi connectivity index (χ0n) is 33.2. The number of nitrogens with zero attached hydrogens (tertiary/aromatic N) is 4. The van der Waals surface area contributed by atoms with E-state index < -0.39 is 33.5 Å². The zero-order valence-corrected chi connectivity index (χ0v) is 34.8. The molecule has 8 rings (SSSR count). The lowest BCUT2D eigenvalue weighted by atomic mass is 9.96. The van der Waals surface area contributed by atoms with Crippen LogP contribution in [-0.2, 0) is 11.2 Å². The summed E-state index contributed by atoms with van der Waals surface area (Å²) in [6.45, 7) is 5.23. The summed E-state index contributed by atoms with van der Waals surface area (Å²) in [5, 5.41) is 36.8. The van der Waals surface area contributed by atoms with Gasteiger partial charge in [0, 0.05) is 35.4 Å². The maximum absolute atomic E-state index is 13.4. The fourth-order valence-corrected chi connectivity index (χ4v) is 8.30. The van der Waals surface area contributed by atoms with Crippen LogP contribution in [0.15, 0.2) is 121 Å². The minimum absolute atomic E-state index is 0.0211. The number of aliphatic hydroxyl groups excluding tert-OH is 1. The van der Waals surface area contributed by atoms with Crippen molar-refractivity contribution in [2.75, 3.05) is 11.1 Å². The maximum Gasteiger partial charge on any atom is 0.413 e. The molecule has 2 heterocycles. The third-order valence-corrected chi connectivity index (χ3v) is 11.0. The molecule has 0 spiro atoms. The van der Waals surface area contributed by atoms with Gasteiger partial charge >= 0.3 is 6.09 Å². The second-order valence-electron chi connectivity index (χ2n) is 15.0. The molecule has 0 fully saturated rings. The lowest BCUT2D eigenvalue weighted by Crippen LogP contribution is -2.27. The highest BCUT2D eigenvalue weighted by Crippen LogP contribution is 2.39. The molecule has 8 aromatic rings. The van der Waals surface area contributed by atoms with Gasteiger partial charge in [0.2, 0.25) is 0 Å². The summed E-state index contributed by atoms with van der Waals surface area (Å²) < 4.78 is 33.4. The van der Waals surface area contributed by atoms with Crippen LogP contribution in [0.5, 0.6) is 0 Å². The van der Waals surface area contributed by atoms with Gasteiger partial charge in [0.05, 0.1) is 30.3 Å². The molecule has 17 heteroatoms. The number of aliphatic hydroxyl groups is 1. The van der Waals surface area contributed by atoms with E-state index in [1.165, 1.54) is 83.3 Å². The Morgan fingerprint density at radius 3 is 1.87 bits per heavy atom. The number of nitrogens with two attached hydrogens (primary N) is 1. The number of aromatic nitrogens is 2. The van der Waals surface area contributed by atoms with Crippen LogP contribution in [0.3, 0.4) is 0 Å². The number of halogens is 2. The number of thiazole rings is 2. The lowest BCUT2D eigenvalue weighted by Gasteiger charge is -2.18. The van der Waals surface area contributed by atoms with Gasteiger partial charge in [-0.1, -0.05) is 71.2 Å². The number of anilines is 2. The van der Waals surface area contributed by atoms with Gasteiger partial charge in [-0.3, -0.25) is 25.5 Å². The number of ether oxygens (including phenoxy) is 1. The van der Waals surface area contributed by atoms with Crippen LogP contribution in [0.2, 0.25) is 0 Å². The summed E-state index contributed by atoms with van der Waals surface area (Å²) in [5.41, 5.74) is 11.8. The van der Waals surface area contributed by atoms with Gasteiger partial charge in [-0.2, -0.15) is 0 Å². The minimum Gasteiger partial charge on any atom is -0.444 e. The molecule has 2 aromatic heterocycles. The van der Waals surface area contributed by atoms with Crippen LogP contribution >= 0.6 is 22.7 Å². The smallest absolute Gasteiger partial charge is 0.413 e. The van der Waals surface area contributed by atoms with Gasteiger partial charge in [-0.15, -0.1) is 0 Å². The van der Waals surface area contributed by atoms with Crippen LogP contribution < -0.4 is 11.1 Å². The van der Waals surface area contributed by atoms with Crippen molar-refractivity contribution in [3.05, 3.63) is 175 Å². The molecule has 0 saturated carbocycles. The molecule has 314 valence electrons. The first kappa shape index (κ1) is 42.9. The van der Waals surface area contributed by atoms with Crippen LogP contribution in [0.4, 0.5) is 35.2 Å². The van der Waals surface area contributed by atoms with Gasteiger partial charge in [0.15, 0.2) is 10.3 Å². The number of carbonyl (C=O) groups is 1. The van der Waals surface area contributed by atoms with Crippen LogP contribution in [0.25, 0.3) is 42.7 Å². The molecule has 0 aliphatic heterocycles. The third kappa shape index (κ3) is 10.2. The number of nitro groups is 2. The monoisotopic (exact) mass is 874 g/mol. The van der Waals surface area contributed by atoms with E-state index in [1.807, 2.05) is 18.2 Å². The molecule has 62 heavy (non-hydrogen) atoms. The van der Waals surface area contributed by atoms with E-state index in [0.717, 1.165) is 26.9 Å². The van der Waals surface area contributed by atoms with E-state index in [2.05, 4.69) is 15.3 Å². The van der Waals surface area contributed by atoms with Gasteiger partial charge in [0.25, 0.3) is 11.4 Å². The molecule has 1 amide bonds. The number of nitrogen functional groups attached to an aromatic ring is 1. The van der Waals surface area contributed by atoms with Gasteiger partial charge in [-0.25, -0.2) is 23.5 Å². The maximum atomic E-state index is 13.4.